The number of aliphatic hydroxyl groups is 1. The molecule has 2 atom stereocenters. The number of ether oxygens (including phenoxy) is 5. The van der Waals surface area contributed by atoms with Crippen molar-refractivity contribution in [2.45, 2.75) is 39.0 Å². The van der Waals surface area contributed by atoms with Crippen LogP contribution in [0.1, 0.15) is 32.4 Å². The van der Waals surface area contributed by atoms with Crippen LogP contribution >= 0.6 is 0 Å². The van der Waals surface area contributed by atoms with Gasteiger partial charge in [0.25, 0.3) is 0 Å². The zero-order valence-electron chi connectivity index (χ0n) is 18.1. The molecule has 0 amide bonds. The fraction of sp³-hybridized carbons (Fsp3) is 0.714. The summed E-state index contributed by atoms with van der Waals surface area (Å²) in [6.45, 7) is 8.85. The number of hydrogen-bond acceptors (Lipinski definition) is 7. The van der Waals surface area contributed by atoms with Crippen LogP contribution in [0.4, 0.5) is 0 Å². The SMILES string of the molecule is COCCOc1ccc([C@@H](C)N(C)C[C@@H](O)COCCOC(C)C)cc1OC. The number of methoxy groups -OCH3 is 2. The number of likely N-dealkylation sites (N-methyl/N-ethyl adjacent to an activating group) is 1. The van der Waals surface area contributed by atoms with Crippen molar-refractivity contribution in [2.75, 3.05) is 60.8 Å². The molecule has 1 N–H and O–H groups in total. The molecule has 0 heterocycles. The van der Waals surface area contributed by atoms with Crippen LogP contribution < -0.4 is 9.47 Å². The minimum atomic E-state index is -0.565. The van der Waals surface area contributed by atoms with E-state index in [1.165, 1.54) is 0 Å². The van der Waals surface area contributed by atoms with E-state index in [1.54, 1.807) is 14.2 Å². The topological polar surface area (TPSA) is 69.6 Å². The second-order valence-electron chi connectivity index (χ2n) is 7.02. The van der Waals surface area contributed by atoms with E-state index in [9.17, 15) is 5.11 Å². The Morgan fingerprint density at radius 3 is 2.39 bits per heavy atom. The molecule has 0 unspecified atom stereocenters. The van der Waals surface area contributed by atoms with Crippen molar-refractivity contribution in [3.8, 4) is 11.5 Å². The molecule has 0 bridgehead atoms. The molecule has 162 valence electrons. The molecule has 7 heteroatoms. The van der Waals surface area contributed by atoms with Crippen LogP contribution in [0.2, 0.25) is 0 Å². The highest BCUT2D eigenvalue weighted by atomic mass is 16.5. The molecule has 0 fully saturated rings. The van der Waals surface area contributed by atoms with Gasteiger partial charge in [0.05, 0.1) is 45.7 Å². The van der Waals surface area contributed by atoms with Gasteiger partial charge < -0.3 is 28.8 Å². The fourth-order valence-electron chi connectivity index (χ4n) is 2.66. The molecule has 0 radical (unpaired) electrons. The number of rotatable bonds is 15. The predicted octanol–water partition coefficient (Wildman–Crippen LogP) is 2.52. The van der Waals surface area contributed by atoms with Crippen molar-refractivity contribution in [3.05, 3.63) is 23.8 Å². The van der Waals surface area contributed by atoms with E-state index >= 15 is 0 Å². The maximum Gasteiger partial charge on any atom is 0.161 e. The van der Waals surface area contributed by atoms with Gasteiger partial charge >= 0.3 is 0 Å². The molecule has 0 aliphatic carbocycles. The van der Waals surface area contributed by atoms with Crippen LogP contribution in [-0.4, -0.2) is 83.1 Å². The van der Waals surface area contributed by atoms with Gasteiger partial charge in [-0.2, -0.15) is 0 Å². The lowest BCUT2D eigenvalue weighted by Crippen LogP contribution is -2.34. The van der Waals surface area contributed by atoms with Crippen LogP contribution in [0, 0.1) is 0 Å². The lowest BCUT2D eigenvalue weighted by atomic mass is 10.1. The summed E-state index contributed by atoms with van der Waals surface area (Å²) in [5.41, 5.74) is 1.08. The zero-order valence-corrected chi connectivity index (χ0v) is 18.1. The van der Waals surface area contributed by atoms with E-state index in [-0.39, 0.29) is 18.8 Å². The molecular weight excluding hydrogens is 362 g/mol. The van der Waals surface area contributed by atoms with Crippen LogP contribution in [0.15, 0.2) is 18.2 Å². The highest BCUT2D eigenvalue weighted by molar-refractivity contribution is 5.43. The first-order chi connectivity index (χ1) is 13.4. The van der Waals surface area contributed by atoms with Crippen molar-refractivity contribution in [1.29, 1.82) is 0 Å². The number of aliphatic hydroxyl groups excluding tert-OH is 1. The molecule has 7 nitrogen and oxygen atoms in total. The lowest BCUT2D eigenvalue weighted by molar-refractivity contribution is -0.0193. The third-order valence-electron chi connectivity index (χ3n) is 4.36. The Bertz CT molecular complexity index is 540. The quantitative estimate of drug-likeness (QED) is 0.455. The van der Waals surface area contributed by atoms with Gasteiger partial charge in [0.2, 0.25) is 0 Å². The molecule has 0 spiro atoms. The monoisotopic (exact) mass is 399 g/mol. The second kappa shape index (κ2) is 13.7. The molecule has 1 rings (SSSR count). The van der Waals surface area contributed by atoms with Gasteiger partial charge in [0.1, 0.15) is 6.61 Å². The van der Waals surface area contributed by atoms with E-state index in [0.717, 1.165) is 5.56 Å². The lowest BCUT2D eigenvalue weighted by Gasteiger charge is -2.27. The largest absolute Gasteiger partial charge is 0.493 e. The van der Waals surface area contributed by atoms with Gasteiger partial charge in [0, 0.05) is 19.7 Å². The normalized spacial score (nSPS) is 13.8. The summed E-state index contributed by atoms with van der Waals surface area (Å²) in [6, 6.07) is 5.98. The number of benzene rings is 1. The van der Waals surface area contributed by atoms with E-state index in [0.29, 0.717) is 44.5 Å². The Hall–Kier alpha value is -1.38. The van der Waals surface area contributed by atoms with Crippen molar-refractivity contribution in [3.63, 3.8) is 0 Å². The minimum Gasteiger partial charge on any atom is -0.493 e. The van der Waals surface area contributed by atoms with Gasteiger partial charge in [0.15, 0.2) is 11.5 Å². The average molecular weight is 400 g/mol. The van der Waals surface area contributed by atoms with Crippen molar-refractivity contribution in [1.82, 2.24) is 4.90 Å². The molecule has 0 aromatic heterocycles. The van der Waals surface area contributed by atoms with Gasteiger partial charge in [-0.05, 0) is 45.5 Å². The smallest absolute Gasteiger partial charge is 0.161 e. The van der Waals surface area contributed by atoms with Gasteiger partial charge in [-0.15, -0.1) is 0 Å². The molecule has 0 aliphatic heterocycles. The van der Waals surface area contributed by atoms with Gasteiger partial charge in [-0.25, -0.2) is 0 Å². The predicted molar refractivity (Wildman–Crippen MR) is 109 cm³/mol. The van der Waals surface area contributed by atoms with Crippen LogP contribution in [-0.2, 0) is 14.2 Å². The zero-order chi connectivity index (χ0) is 20.9. The molecule has 0 aliphatic rings. The maximum atomic E-state index is 10.2. The van der Waals surface area contributed by atoms with Crippen LogP contribution in [0.25, 0.3) is 0 Å². The van der Waals surface area contributed by atoms with Crippen molar-refractivity contribution < 1.29 is 28.8 Å². The Morgan fingerprint density at radius 2 is 1.75 bits per heavy atom. The molecule has 1 aromatic rings. The summed E-state index contributed by atoms with van der Waals surface area (Å²) in [5, 5.41) is 10.2. The van der Waals surface area contributed by atoms with E-state index in [1.807, 2.05) is 39.1 Å². The molecule has 28 heavy (non-hydrogen) atoms. The Balaban J connectivity index is 2.51. The summed E-state index contributed by atoms with van der Waals surface area (Å²) in [4.78, 5) is 2.08. The molecule has 1 aromatic carbocycles. The summed E-state index contributed by atoms with van der Waals surface area (Å²) in [5.74, 6) is 1.37. The number of hydrogen-bond donors (Lipinski definition) is 1. The standard InChI is InChI=1S/C21H37NO6/c1-16(2)27-12-10-26-15-19(23)14-22(4)17(3)18-7-8-20(21(13-18)25-6)28-11-9-24-5/h7-8,13,16-17,19,23H,9-12,14-15H2,1-6H3/t17-,19-/m1/s1. The summed E-state index contributed by atoms with van der Waals surface area (Å²) in [6.07, 6.45) is -0.376. The highest BCUT2D eigenvalue weighted by Gasteiger charge is 2.17. The van der Waals surface area contributed by atoms with E-state index in [2.05, 4.69) is 11.8 Å². The van der Waals surface area contributed by atoms with E-state index < -0.39 is 6.10 Å². The maximum absolute atomic E-state index is 10.2. The van der Waals surface area contributed by atoms with Crippen LogP contribution in [0.5, 0.6) is 11.5 Å². The Kier molecular flexibility index (Phi) is 12.1. The first kappa shape index (κ1) is 24.7. The first-order valence-corrected chi connectivity index (χ1v) is 9.76. The Morgan fingerprint density at radius 1 is 1.00 bits per heavy atom. The van der Waals surface area contributed by atoms with Crippen molar-refractivity contribution in [2.24, 2.45) is 0 Å². The van der Waals surface area contributed by atoms with Gasteiger partial charge in [-0.1, -0.05) is 6.07 Å². The van der Waals surface area contributed by atoms with Crippen molar-refractivity contribution >= 4 is 0 Å². The third-order valence-corrected chi connectivity index (χ3v) is 4.36. The highest BCUT2D eigenvalue weighted by Crippen LogP contribution is 2.31. The van der Waals surface area contributed by atoms with E-state index in [4.69, 9.17) is 23.7 Å². The second-order valence-corrected chi connectivity index (χ2v) is 7.02. The third kappa shape index (κ3) is 9.21. The first-order valence-electron chi connectivity index (χ1n) is 9.76. The van der Waals surface area contributed by atoms with Crippen LogP contribution in [0.3, 0.4) is 0 Å². The molecular formula is C21H37NO6. The number of nitrogens with zero attached hydrogens (tertiary/aromatic N) is 1. The fourth-order valence-corrected chi connectivity index (χ4v) is 2.66. The summed E-state index contributed by atoms with van der Waals surface area (Å²) in [7, 11) is 5.24. The minimum absolute atomic E-state index is 0.0980. The Labute approximate surface area is 169 Å². The average Bonchev–Trinajstić information content (AvgIpc) is 2.67. The van der Waals surface area contributed by atoms with Gasteiger partial charge in [-0.3, -0.25) is 4.90 Å². The molecule has 0 saturated carbocycles. The summed E-state index contributed by atoms with van der Waals surface area (Å²) < 4.78 is 27.0. The molecule has 0 saturated heterocycles. The summed E-state index contributed by atoms with van der Waals surface area (Å²) >= 11 is 0.